The van der Waals surface area contributed by atoms with Gasteiger partial charge in [0.25, 0.3) is 0 Å². The number of aliphatic hydroxyl groups excluding tert-OH is 1. The van der Waals surface area contributed by atoms with E-state index in [4.69, 9.17) is 4.52 Å². The van der Waals surface area contributed by atoms with Crippen molar-refractivity contribution in [2.45, 2.75) is 31.3 Å². The van der Waals surface area contributed by atoms with Crippen LogP contribution in [0.1, 0.15) is 31.1 Å². The minimum absolute atomic E-state index is 0.0341. The van der Waals surface area contributed by atoms with Crippen LogP contribution in [0.25, 0.3) is 11.5 Å². The summed E-state index contributed by atoms with van der Waals surface area (Å²) in [6.45, 7) is 0. The summed E-state index contributed by atoms with van der Waals surface area (Å²) in [6.07, 6.45) is 3.84. The molecule has 2 unspecified atom stereocenters. The number of nitrogens with one attached hydrogen (secondary N) is 1. The molecule has 3 rings (SSSR count). The lowest BCUT2D eigenvalue weighted by Gasteiger charge is -2.07. The van der Waals surface area contributed by atoms with Crippen molar-refractivity contribution in [1.29, 1.82) is 0 Å². The fraction of sp³-hybridized carbons (Fsp3) is 0.556. The summed E-state index contributed by atoms with van der Waals surface area (Å²) < 4.78 is 5.14. The molecule has 2 atom stereocenters. The molecule has 0 spiro atoms. The third-order valence-corrected chi connectivity index (χ3v) is 2.88. The molecule has 7 nitrogen and oxygen atoms in total. The Morgan fingerprint density at radius 1 is 1.44 bits per heavy atom. The first-order valence-electron chi connectivity index (χ1n) is 5.22. The maximum Gasteiger partial charge on any atom is 0.232 e. The topological polar surface area (TPSA) is 101 Å². The van der Waals surface area contributed by atoms with Gasteiger partial charge in [-0.3, -0.25) is 0 Å². The molecule has 2 heterocycles. The summed E-state index contributed by atoms with van der Waals surface area (Å²) in [6, 6.07) is 0. The number of aliphatic hydroxyl groups is 1. The normalized spacial score (nSPS) is 25.1. The van der Waals surface area contributed by atoms with E-state index in [9.17, 15) is 5.11 Å². The smallest absolute Gasteiger partial charge is 0.232 e. The third kappa shape index (κ3) is 1.49. The Kier molecular flexibility index (Phi) is 2.17. The molecule has 1 aliphatic rings. The quantitative estimate of drug-likeness (QED) is 0.765. The highest BCUT2D eigenvalue weighted by molar-refractivity contribution is 5.44. The average Bonchev–Trinajstić information content (AvgIpc) is 2.96. The Hall–Kier alpha value is -1.76. The Morgan fingerprint density at radius 3 is 3.06 bits per heavy atom. The fourth-order valence-electron chi connectivity index (χ4n) is 2.03. The van der Waals surface area contributed by atoms with Gasteiger partial charge in [-0.25, -0.2) is 0 Å². The van der Waals surface area contributed by atoms with Crippen LogP contribution in [0.4, 0.5) is 0 Å². The monoisotopic (exact) mass is 221 g/mol. The summed E-state index contributed by atoms with van der Waals surface area (Å²) in [4.78, 5) is 4.22. The Morgan fingerprint density at radius 2 is 2.38 bits per heavy atom. The third-order valence-electron chi connectivity index (χ3n) is 2.88. The van der Waals surface area contributed by atoms with Gasteiger partial charge in [0.15, 0.2) is 5.69 Å². The molecule has 0 aliphatic heterocycles. The van der Waals surface area contributed by atoms with Gasteiger partial charge in [-0.1, -0.05) is 5.16 Å². The fourth-order valence-corrected chi connectivity index (χ4v) is 2.03. The first kappa shape index (κ1) is 9.46. The molecule has 1 aliphatic carbocycles. The molecule has 0 amide bonds. The SMILES string of the molecule is OC1CCCC1c1nc(-c2cn[nH]n2)no1. The molecule has 7 heteroatoms. The van der Waals surface area contributed by atoms with Gasteiger partial charge >= 0.3 is 0 Å². The second kappa shape index (κ2) is 3.67. The first-order valence-corrected chi connectivity index (χ1v) is 5.22. The average molecular weight is 221 g/mol. The molecule has 16 heavy (non-hydrogen) atoms. The van der Waals surface area contributed by atoms with Crippen LogP contribution in [0.3, 0.4) is 0 Å². The van der Waals surface area contributed by atoms with Crippen LogP contribution in [-0.4, -0.2) is 36.8 Å². The lowest BCUT2D eigenvalue weighted by atomic mass is 10.1. The first-order chi connectivity index (χ1) is 7.84. The number of nitrogens with zero attached hydrogens (tertiary/aromatic N) is 4. The van der Waals surface area contributed by atoms with Crippen molar-refractivity contribution in [1.82, 2.24) is 25.6 Å². The zero-order valence-corrected chi connectivity index (χ0v) is 8.50. The van der Waals surface area contributed by atoms with E-state index in [2.05, 4.69) is 25.6 Å². The van der Waals surface area contributed by atoms with E-state index in [1.807, 2.05) is 0 Å². The van der Waals surface area contributed by atoms with Gasteiger partial charge in [-0.05, 0) is 19.3 Å². The van der Waals surface area contributed by atoms with E-state index in [0.29, 0.717) is 17.4 Å². The van der Waals surface area contributed by atoms with Crippen LogP contribution in [0, 0.1) is 0 Å². The number of hydrogen-bond acceptors (Lipinski definition) is 6. The lowest BCUT2D eigenvalue weighted by molar-refractivity contribution is 0.148. The van der Waals surface area contributed by atoms with E-state index < -0.39 is 0 Å². The van der Waals surface area contributed by atoms with Gasteiger partial charge < -0.3 is 9.63 Å². The molecule has 0 aromatic carbocycles. The van der Waals surface area contributed by atoms with E-state index in [1.54, 1.807) is 0 Å². The Labute approximate surface area is 90.9 Å². The molecule has 0 saturated heterocycles. The number of H-pyrrole nitrogens is 1. The molecule has 0 bridgehead atoms. The maximum atomic E-state index is 9.72. The van der Waals surface area contributed by atoms with Crippen molar-refractivity contribution in [3.63, 3.8) is 0 Å². The predicted molar refractivity (Wildman–Crippen MR) is 52.3 cm³/mol. The lowest BCUT2D eigenvalue weighted by Crippen LogP contribution is -2.11. The summed E-state index contributed by atoms with van der Waals surface area (Å²) >= 11 is 0. The molecule has 84 valence electrons. The van der Waals surface area contributed by atoms with Gasteiger partial charge in [0.1, 0.15) is 0 Å². The van der Waals surface area contributed by atoms with Crippen LogP contribution in [-0.2, 0) is 0 Å². The van der Waals surface area contributed by atoms with Crippen molar-refractivity contribution in [3.8, 4) is 11.5 Å². The van der Waals surface area contributed by atoms with Crippen molar-refractivity contribution >= 4 is 0 Å². The molecule has 0 radical (unpaired) electrons. The summed E-state index contributed by atoms with van der Waals surface area (Å²) in [5.41, 5.74) is 0.544. The van der Waals surface area contributed by atoms with Crippen molar-refractivity contribution in [2.24, 2.45) is 0 Å². The molecular formula is C9H11N5O2. The second-order valence-electron chi connectivity index (χ2n) is 3.92. The number of aromatic nitrogens is 5. The molecule has 1 fully saturated rings. The van der Waals surface area contributed by atoms with Crippen LogP contribution < -0.4 is 0 Å². The predicted octanol–water partition coefficient (Wildman–Crippen LogP) is 0.483. The van der Waals surface area contributed by atoms with Crippen molar-refractivity contribution < 1.29 is 9.63 Å². The van der Waals surface area contributed by atoms with E-state index >= 15 is 0 Å². The summed E-state index contributed by atoms with van der Waals surface area (Å²) in [5.74, 6) is 0.860. The minimum atomic E-state index is -0.370. The zero-order chi connectivity index (χ0) is 11.0. The van der Waals surface area contributed by atoms with E-state index in [-0.39, 0.29) is 12.0 Å². The Balaban J connectivity index is 1.88. The van der Waals surface area contributed by atoms with Crippen LogP contribution >= 0.6 is 0 Å². The summed E-state index contributed by atoms with van der Waals surface area (Å²) in [7, 11) is 0. The highest BCUT2D eigenvalue weighted by Gasteiger charge is 2.31. The van der Waals surface area contributed by atoms with Gasteiger partial charge in [-0.2, -0.15) is 20.4 Å². The van der Waals surface area contributed by atoms with E-state index in [1.165, 1.54) is 6.20 Å². The maximum absolute atomic E-state index is 9.72. The van der Waals surface area contributed by atoms with E-state index in [0.717, 1.165) is 19.3 Å². The van der Waals surface area contributed by atoms with Crippen LogP contribution in [0.15, 0.2) is 10.7 Å². The van der Waals surface area contributed by atoms with Crippen molar-refractivity contribution in [3.05, 3.63) is 12.1 Å². The largest absolute Gasteiger partial charge is 0.392 e. The number of rotatable bonds is 2. The second-order valence-corrected chi connectivity index (χ2v) is 3.92. The minimum Gasteiger partial charge on any atom is -0.392 e. The molecular weight excluding hydrogens is 210 g/mol. The van der Waals surface area contributed by atoms with Crippen molar-refractivity contribution in [2.75, 3.05) is 0 Å². The Bertz CT molecular complexity index is 466. The van der Waals surface area contributed by atoms with Gasteiger partial charge in [0, 0.05) is 0 Å². The molecule has 2 aromatic heterocycles. The summed E-state index contributed by atoms with van der Waals surface area (Å²) in [5, 5.41) is 23.6. The number of hydrogen-bond donors (Lipinski definition) is 2. The number of aromatic amines is 1. The molecule has 1 saturated carbocycles. The van der Waals surface area contributed by atoms with Gasteiger partial charge in [0.05, 0.1) is 18.2 Å². The van der Waals surface area contributed by atoms with Crippen LogP contribution in [0.5, 0.6) is 0 Å². The van der Waals surface area contributed by atoms with Gasteiger partial charge in [0.2, 0.25) is 11.7 Å². The van der Waals surface area contributed by atoms with Crippen LogP contribution in [0.2, 0.25) is 0 Å². The molecule has 2 aromatic rings. The van der Waals surface area contributed by atoms with Gasteiger partial charge in [-0.15, -0.1) is 0 Å². The standard InChI is InChI=1S/C9H11N5O2/c15-7-3-1-2-5(7)9-11-8(13-16-9)6-4-10-14-12-6/h4-5,7,15H,1-3H2,(H,10,12,14). The zero-order valence-electron chi connectivity index (χ0n) is 8.50. The highest BCUT2D eigenvalue weighted by atomic mass is 16.5. The molecule has 2 N–H and O–H groups in total. The highest BCUT2D eigenvalue weighted by Crippen LogP contribution is 2.34.